The zero-order chi connectivity index (χ0) is 26.1. The molecule has 1 aromatic heterocycles. The average molecular weight is 486 g/mol. The SMILES string of the molecule is C/C(=N\n1c(C)nc(-c2ccc(CN3CCC(NC#N)CC3)cc2)c1-c1ccccc1)C(N)=O.CC. The van der Waals surface area contributed by atoms with Gasteiger partial charge in [-0.25, -0.2) is 9.66 Å². The summed E-state index contributed by atoms with van der Waals surface area (Å²) in [6.07, 6.45) is 4.01. The summed E-state index contributed by atoms with van der Waals surface area (Å²) < 4.78 is 1.69. The summed E-state index contributed by atoms with van der Waals surface area (Å²) in [7, 11) is 0. The standard InChI is InChI=1S/C26H29N7O.C2H6/c1-18(26(28)34)31-33-19(2)30-24(25(33)22-6-4-3-5-7-22)21-10-8-20(9-11-21)16-32-14-12-23(13-15-32)29-17-27;1-2/h3-11,23,29H,12-16H2,1-2H3,(H2,28,34);1-2H3/b31-18+;. The van der Waals surface area contributed by atoms with E-state index in [1.807, 2.05) is 51.1 Å². The van der Waals surface area contributed by atoms with Gasteiger partial charge < -0.3 is 11.1 Å². The quantitative estimate of drug-likeness (QED) is 0.294. The Hall–Kier alpha value is -3.96. The number of piperidine rings is 1. The molecule has 0 atom stereocenters. The van der Waals surface area contributed by atoms with Crippen molar-refractivity contribution in [3.63, 3.8) is 0 Å². The van der Waals surface area contributed by atoms with Crippen molar-refractivity contribution >= 4 is 11.6 Å². The number of carbonyl (C=O) groups is 1. The highest BCUT2D eigenvalue weighted by atomic mass is 16.1. The minimum absolute atomic E-state index is 0.216. The molecule has 188 valence electrons. The van der Waals surface area contributed by atoms with Gasteiger partial charge in [0.2, 0.25) is 0 Å². The van der Waals surface area contributed by atoms with Gasteiger partial charge in [0.15, 0.2) is 6.19 Å². The molecule has 3 N–H and O–H groups in total. The van der Waals surface area contributed by atoms with Gasteiger partial charge in [-0.15, -0.1) is 0 Å². The number of hydrogen-bond acceptors (Lipinski definition) is 6. The van der Waals surface area contributed by atoms with E-state index in [9.17, 15) is 4.79 Å². The second-order valence-corrected chi connectivity index (χ2v) is 8.59. The molecule has 8 nitrogen and oxygen atoms in total. The summed E-state index contributed by atoms with van der Waals surface area (Å²) in [6, 6.07) is 18.6. The second-order valence-electron chi connectivity index (χ2n) is 8.59. The number of nitriles is 1. The number of nitrogens with zero attached hydrogens (tertiary/aromatic N) is 5. The second kappa shape index (κ2) is 12.7. The number of aryl methyl sites for hydroxylation is 1. The fourth-order valence-corrected chi connectivity index (χ4v) is 4.26. The molecule has 0 spiro atoms. The summed E-state index contributed by atoms with van der Waals surface area (Å²) in [5.74, 6) is 0.109. The third-order valence-electron chi connectivity index (χ3n) is 6.16. The number of aromatic nitrogens is 2. The maximum atomic E-state index is 11.6. The Bertz CT molecular complexity index is 1220. The number of imidazole rings is 1. The normalized spacial score (nSPS) is 14.5. The van der Waals surface area contributed by atoms with Gasteiger partial charge in [0.25, 0.3) is 5.91 Å². The lowest BCUT2D eigenvalue weighted by atomic mass is 10.0. The highest BCUT2D eigenvalue weighted by Crippen LogP contribution is 2.33. The number of amides is 1. The summed E-state index contributed by atoms with van der Waals surface area (Å²) in [5.41, 5.74) is 10.4. The lowest BCUT2D eigenvalue weighted by Crippen LogP contribution is -2.40. The number of likely N-dealkylation sites (tertiary alicyclic amines) is 1. The molecule has 4 rings (SSSR count). The van der Waals surface area contributed by atoms with Crippen LogP contribution in [0.25, 0.3) is 22.5 Å². The van der Waals surface area contributed by atoms with Crippen LogP contribution in [0, 0.1) is 18.4 Å². The van der Waals surface area contributed by atoms with Gasteiger partial charge in [-0.3, -0.25) is 9.69 Å². The Kier molecular flexibility index (Phi) is 9.37. The number of primary amides is 1. The zero-order valence-corrected chi connectivity index (χ0v) is 21.5. The highest BCUT2D eigenvalue weighted by molar-refractivity contribution is 6.37. The van der Waals surface area contributed by atoms with Crippen LogP contribution in [0.3, 0.4) is 0 Å². The Labute approximate surface area is 213 Å². The van der Waals surface area contributed by atoms with E-state index in [-0.39, 0.29) is 5.71 Å². The third kappa shape index (κ3) is 6.37. The van der Waals surface area contributed by atoms with Gasteiger partial charge in [0, 0.05) is 36.8 Å². The molecule has 1 amide bonds. The minimum Gasteiger partial charge on any atom is -0.365 e. The first-order valence-corrected chi connectivity index (χ1v) is 12.4. The fraction of sp³-hybridized carbons (Fsp3) is 0.357. The van der Waals surface area contributed by atoms with Crippen LogP contribution in [-0.2, 0) is 11.3 Å². The minimum atomic E-state index is -0.564. The van der Waals surface area contributed by atoms with Gasteiger partial charge in [0.05, 0.1) is 5.69 Å². The molecule has 1 aliphatic heterocycles. The number of carbonyl (C=O) groups excluding carboxylic acids is 1. The predicted molar refractivity (Wildman–Crippen MR) is 144 cm³/mol. The number of nitrogens with two attached hydrogens (primary N) is 1. The van der Waals surface area contributed by atoms with E-state index in [2.05, 4.69) is 45.8 Å². The van der Waals surface area contributed by atoms with E-state index in [1.54, 1.807) is 11.6 Å². The summed E-state index contributed by atoms with van der Waals surface area (Å²) in [4.78, 5) is 18.8. The first kappa shape index (κ1) is 26.6. The van der Waals surface area contributed by atoms with E-state index in [0.29, 0.717) is 11.9 Å². The predicted octanol–water partition coefficient (Wildman–Crippen LogP) is 4.30. The zero-order valence-electron chi connectivity index (χ0n) is 21.5. The largest absolute Gasteiger partial charge is 0.365 e. The third-order valence-corrected chi connectivity index (χ3v) is 6.16. The van der Waals surface area contributed by atoms with Crippen LogP contribution in [0.4, 0.5) is 0 Å². The van der Waals surface area contributed by atoms with Crippen LogP contribution >= 0.6 is 0 Å². The van der Waals surface area contributed by atoms with Gasteiger partial charge in [-0.1, -0.05) is 68.4 Å². The molecule has 36 heavy (non-hydrogen) atoms. The average Bonchev–Trinajstić information content (AvgIpc) is 3.23. The van der Waals surface area contributed by atoms with Gasteiger partial charge in [-0.2, -0.15) is 10.4 Å². The highest BCUT2D eigenvalue weighted by Gasteiger charge is 2.20. The lowest BCUT2D eigenvalue weighted by molar-refractivity contribution is -0.112. The Morgan fingerprint density at radius 1 is 1.11 bits per heavy atom. The Balaban J connectivity index is 0.00000176. The van der Waals surface area contributed by atoms with Crippen molar-refractivity contribution in [3.8, 4) is 28.7 Å². The first-order valence-electron chi connectivity index (χ1n) is 12.4. The maximum Gasteiger partial charge on any atom is 0.264 e. The van der Waals surface area contributed by atoms with Crippen LogP contribution in [-0.4, -0.2) is 45.3 Å². The molecule has 0 saturated carbocycles. The van der Waals surface area contributed by atoms with E-state index >= 15 is 0 Å². The molecule has 2 aromatic carbocycles. The van der Waals surface area contributed by atoms with Crippen LogP contribution in [0.15, 0.2) is 59.7 Å². The number of hydrogen-bond donors (Lipinski definition) is 2. The van der Waals surface area contributed by atoms with E-state index in [1.165, 1.54) is 5.56 Å². The topological polar surface area (TPSA) is 112 Å². The fourth-order valence-electron chi connectivity index (χ4n) is 4.26. The smallest absolute Gasteiger partial charge is 0.264 e. The van der Waals surface area contributed by atoms with Crippen molar-refractivity contribution in [3.05, 3.63) is 66.0 Å². The first-order chi connectivity index (χ1) is 17.5. The van der Waals surface area contributed by atoms with Gasteiger partial charge in [-0.05, 0) is 32.3 Å². The molecule has 1 aliphatic rings. The number of benzene rings is 2. The molecular formula is C28H35N7O. The summed E-state index contributed by atoms with van der Waals surface area (Å²) in [5, 5.41) is 16.1. The van der Waals surface area contributed by atoms with E-state index in [4.69, 9.17) is 16.0 Å². The molecule has 1 saturated heterocycles. The van der Waals surface area contributed by atoms with Gasteiger partial charge in [0.1, 0.15) is 17.2 Å². The van der Waals surface area contributed by atoms with Crippen LogP contribution in [0.5, 0.6) is 0 Å². The number of nitrogens with one attached hydrogen (secondary N) is 1. The van der Waals surface area contributed by atoms with E-state index < -0.39 is 5.91 Å². The van der Waals surface area contributed by atoms with Crippen LogP contribution < -0.4 is 11.1 Å². The molecule has 0 radical (unpaired) electrons. The summed E-state index contributed by atoms with van der Waals surface area (Å²) >= 11 is 0. The Morgan fingerprint density at radius 2 is 1.75 bits per heavy atom. The molecule has 3 aromatic rings. The number of rotatable bonds is 7. The van der Waals surface area contributed by atoms with Crippen molar-refractivity contribution < 1.29 is 4.79 Å². The lowest BCUT2D eigenvalue weighted by Gasteiger charge is -2.31. The van der Waals surface area contributed by atoms with Crippen LogP contribution in [0.2, 0.25) is 0 Å². The maximum absolute atomic E-state index is 11.6. The molecule has 8 heteroatoms. The van der Waals surface area contributed by atoms with Crippen molar-refractivity contribution in [2.75, 3.05) is 13.1 Å². The van der Waals surface area contributed by atoms with Gasteiger partial charge >= 0.3 is 0 Å². The van der Waals surface area contributed by atoms with Crippen molar-refractivity contribution in [2.24, 2.45) is 10.8 Å². The molecule has 2 heterocycles. The molecular weight excluding hydrogens is 450 g/mol. The van der Waals surface area contributed by atoms with Crippen molar-refractivity contribution in [1.29, 1.82) is 5.26 Å². The molecule has 1 fully saturated rings. The summed E-state index contributed by atoms with van der Waals surface area (Å²) in [6.45, 7) is 10.3. The molecule has 0 unspecified atom stereocenters. The van der Waals surface area contributed by atoms with Crippen LogP contribution in [0.1, 0.15) is 45.0 Å². The van der Waals surface area contributed by atoms with E-state index in [0.717, 1.165) is 55.0 Å². The Morgan fingerprint density at radius 3 is 2.33 bits per heavy atom. The monoisotopic (exact) mass is 485 g/mol. The molecule has 0 aliphatic carbocycles. The molecule has 0 bridgehead atoms. The van der Waals surface area contributed by atoms with Crippen molar-refractivity contribution in [2.45, 2.75) is 53.1 Å². The van der Waals surface area contributed by atoms with Crippen molar-refractivity contribution in [1.82, 2.24) is 19.9 Å².